The summed E-state index contributed by atoms with van der Waals surface area (Å²) in [5, 5.41) is 3.94. The zero-order valence-electron chi connectivity index (χ0n) is 15.2. The predicted octanol–water partition coefficient (Wildman–Crippen LogP) is 3.18. The van der Waals surface area contributed by atoms with Crippen molar-refractivity contribution in [3.63, 3.8) is 0 Å². The second kappa shape index (κ2) is 7.50. The molecule has 1 aromatic carbocycles. The molecule has 2 aromatic rings. The van der Waals surface area contributed by atoms with Crippen molar-refractivity contribution in [3.05, 3.63) is 30.2 Å². The van der Waals surface area contributed by atoms with Gasteiger partial charge >= 0.3 is 5.97 Å². The number of para-hydroxylation sites is 1. The van der Waals surface area contributed by atoms with Crippen LogP contribution in [0.15, 0.2) is 28.8 Å². The lowest BCUT2D eigenvalue weighted by atomic mass is 9.67. The van der Waals surface area contributed by atoms with E-state index < -0.39 is 0 Å². The molecule has 2 fully saturated rings. The van der Waals surface area contributed by atoms with Gasteiger partial charge in [0.15, 0.2) is 6.61 Å². The van der Waals surface area contributed by atoms with Gasteiger partial charge in [-0.15, -0.1) is 0 Å². The van der Waals surface area contributed by atoms with Gasteiger partial charge in [0.1, 0.15) is 11.5 Å². The van der Waals surface area contributed by atoms with Crippen LogP contribution in [0, 0.1) is 17.8 Å². The van der Waals surface area contributed by atoms with E-state index in [2.05, 4.69) is 10.1 Å². The molecule has 2 aliphatic rings. The molecule has 7 heteroatoms. The molecular weight excluding hydrogens is 348 g/mol. The molecule has 0 radical (unpaired) electrons. The number of fused-ring (bicyclic) bond motifs is 2. The third-order valence-corrected chi connectivity index (χ3v) is 5.54. The molecule has 0 saturated heterocycles. The van der Waals surface area contributed by atoms with Gasteiger partial charge in [-0.2, -0.15) is 4.98 Å². The van der Waals surface area contributed by atoms with Crippen LogP contribution >= 0.6 is 0 Å². The summed E-state index contributed by atoms with van der Waals surface area (Å²) in [5.74, 6) is 1.15. The molecule has 7 nitrogen and oxygen atoms in total. The molecule has 2 aliphatic carbocycles. The third kappa shape index (κ3) is 3.59. The van der Waals surface area contributed by atoms with Crippen LogP contribution in [0.1, 0.15) is 38.0 Å². The van der Waals surface area contributed by atoms with Crippen molar-refractivity contribution in [1.82, 2.24) is 10.1 Å². The van der Waals surface area contributed by atoms with E-state index in [4.69, 9.17) is 14.0 Å². The quantitative estimate of drug-likeness (QED) is 0.746. The first-order chi connectivity index (χ1) is 13.2. The minimum atomic E-state index is -0.281. The summed E-state index contributed by atoms with van der Waals surface area (Å²) in [4.78, 5) is 28.9. The van der Waals surface area contributed by atoms with E-state index >= 15 is 0 Å². The Labute approximate surface area is 157 Å². The van der Waals surface area contributed by atoms with E-state index in [-0.39, 0.29) is 36.2 Å². The fourth-order valence-corrected chi connectivity index (χ4v) is 4.18. The number of aromatic nitrogens is 2. The van der Waals surface area contributed by atoms with E-state index in [1.54, 1.807) is 7.11 Å². The van der Waals surface area contributed by atoms with Gasteiger partial charge in [-0.05, 0) is 37.8 Å². The van der Waals surface area contributed by atoms with E-state index in [0.29, 0.717) is 35.8 Å². The summed E-state index contributed by atoms with van der Waals surface area (Å²) in [5.41, 5.74) is 0.708. The maximum atomic E-state index is 12.4. The monoisotopic (exact) mass is 370 g/mol. The van der Waals surface area contributed by atoms with Gasteiger partial charge in [0.05, 0.1) is 18.6 Å². The molecule has 1 aromatic heterocycles. The number of rotatable bonds is 5. The number of nitrogens with zero attached hydrogens (tertiary/aromatic N) is 2. The largest absolute Gasteiger partial charge is 0.496 e. The molecule has 1 heterocycles. The van der Waals surface area contributed by atoms with E-state index in [1.165, 1.54) is 0 Å². The molecule has 4 rings (SSSR count). The Balaban J connectivity index is 1.37. The molecule has 0 spiro atoms. The fourth-order valence-electron chi connectivity index (χ4n) is 4.18. The van der Waals surface area contributed by atoms with E-state index in [0.717, 1.165) is 19.3 Å². The topological polar surface area (TPSA) is 91.5 Å². The Morgan fingerprint density at radius 1 is 1.22 bits per heavy atom. The molecule has 0 amide bonds. The van der Waals surface area contributed by atoms with Gasteiger partial charge in [0, 0.05) is 11.8 Å². The maximum absolute atomic E-state index is 12.4. The molecule has 0 N–H and O–H groups in total. The summed E-state index contributed by atoms with van der Waals surface area (Å²) < 4.78 is 15.9. The normalized spacial score (nSPS) is 24.5. The van der Waals surface area contributed by atoms with Crippen LogP contribution in [0.5, 0.6) is 5.75 Å². The number of carbonyl (C=O) groups excluding carboxylic acids is 2. The second-order valence-corrected chi connectivity index (χ2v) is 7.22. The predicted molar refractivity (Wildman–Crippen MR) is 94.6 cm³/mol. The zero-order chi connectivity index (χ0) is 18.8. The molecule has 1 unspecified atom stereocenters. The minimum absolute atomic E-state index is 0.0237. The Morgan fingerprint density at radius 3 is 2.70 bits per heavy atom. The van der Waals surface area contributed by atoms with Gasteiger partial charge in [0.2, 0.25) is 5.82 Å². The zero-order valence-corrected chi connectivity index (χ0v) is 15.2. The summed E-state index contributed by atoms with van der Waals surface area (Å²) in [6.07, 6.45) is 4.07. The van der Waals surface area contributed by atoms with Gasteiger partial charge in [-0.25, -0.2) is 0 Å². The van der Waals surface area contributed by atoms with Crippen molar-refractivity contribution in [2.45, 2.75) is 38.7 Å². The summed E-state index contributed by atoms with van der Waals surface area (Å²) in [7, 11) is 1.58. The average molecular weight is 370 g/mol. The Morgan fingerprint density at radius 2 is 1.96 bits per heavy atom. The van der Waals surface area contributed by atoms with Gasteiger partial charge in [0.25, 0.3) is 5.89 Å². The number of Topliss-reactive ketones (excluding diaryl/α,β-unsaturated/α-hetero) is 1. The molecular formula is C20H22N2O5. The lowest BCUT2D eigenvalue weighted by Crippen LogP contribution is -2.39. The maximum Gasteiger partial charge on any atom is 0.309 e. The highest BCUT2D eigenvalue weighted by atomic mass is 16.6. The molecule has 27 heavy (non-hydrogen) atoms. The van der Waals surface area contributed by atoms with Crippen LogP contribution in [-0.2, 0) is 20.9 Å². The summed E-state index contributed by atoms with van der Waals surface area (Å²) in [6.45, 7) is -0.0687. The van der Waals surface area contributed by atoms with Crippen molar-refractivity contribution in [2.75, 3.05) is 7.11 Å². The second-order valence-electron chi connectivity index (χ2n) is 7.22. The highest BCUT2D eigenvalue weighted by molar-refractivity contribution is 5.87. The molecule has 142 valence electrons. The first kappa shape index (κ1) is 17.7. The van der Waals surface area contributed by atoms with Crippen LogP contribution in [0.2, 0.25) is 0 Å². The standard InChI is InChI=1S/C20H22N2O5/c1-25-16-8-3-2-7-15(16)19-21-17(27-22-19)11-26-20(24)14-9-12-5-4-6-13(10-14)18(12)23/h2-3,7-8,12-14H,4-6,9-11H2,1H3/t12-,13+,14?. The summed E-state index contributed by atoms with van der Waals surface area (Å²) >= 11 is 0. The van der Waals surface area contributed by atoms with Crippen molar-refractivity contribution in [2.24, 2.45) is 17.8 Å². The van der Waals surface area contributed by atoms with Crippen molar-refractivity contribution >= 4 is 11.8 Å². The third-order valence-electron chi connectivity index (χ3n) is 5.54. The first-order valence-electron chi connectivity index (χ1n) is 9.32. The van der Waals surface area contributed by atoms with Crippen LogP contribution in [0.4, 0.5) is 0 Å². The number of ketones is 1. The molecule has 2 saturated carbocycles. The van der Waals surface area contributed by atoms with E-state index in [9.17, 15) is 9.59 Å². The minimum Gasteiger partial charge on any atom is -0.496 e. The number of methoxy groups -OCH3 is 1. The first-order valence-corrected chi connectivity index (χ1v) is 9.32. The Kier molecular flexibility index (Phi) is 4.92. The van der Waals surface area contributed by atoms with Crippen LogP contribution < -0.4 is 4.74 Å². The van der Waals surface area contributed by atoms with Crippen LogP contribution in [-0.4, -0.2) is 29.0 Å². The number of ether oxygens (including phenoxy) is 2. The number of hydrogen-bond donors (Lipinski definition) is 0. The van der Waals surface area contributed by atoms with E-state index in [1.807, 2.05) is 24.3 Å². The van der Waals surface area contributed by atoms with Crippen molar-refractivity contribution in [3.8, 4) is 17.1 Å². The Bertz CT molecular complexity index is 830. The molecule has 2 bridgehead atoms. The number of esters is 1. The van der Waals surface area contributed by atoms with Crippen molar-refractivity contribution in [1.29, 1.82) is 0 Å². The SMILES string of the molecule is COc1ccccc1-c1noc(COC(=O)C2C[C@H]3CCC[C@@H](C2)C3=O)n1. The number of carbonyl (C=O) groups is 2. The van der Waals surface area contributed by atoms with Gasteiger partial charge < -0.3 is 14.0 Å². The highest BCUT2D eigenvalue weighted by Gasteiger charge is 2.41. The highest BCUT2D eigenvalue weighted by Crippen LogP contribution is 2.40. The molecule has 3 atom stereocenters. The van der Waals surface area contributed by atoms with Crippen LogP contribution in [0.3, 0.4) is 0 Å². The summed E-state index contributed by atoms with van der Waals surface area (Å²) in [6, 6.07) is 7.36. The lowest BCUT2D eigenvalue weighted by Gasteiger charge is -2.36. The Hall–Kier alpha value is -2.70. The smallest absolute Gasteiger partial charge is 0.309 e. The molecule has 0 aliphatic heterocycles. The average Bonchev–Trinajstić information content (AvgIpc) is 3.14. The fraction of sp³-hybridized carbons (Fsp3) is 0.500. The number of benzene rings is 1. The number of hydrogen-bond acceptors (Lipinski definition) is 7. The van der Waals surface area contributed by atoms with Gasteiger partial charge in [-0.1, -0.05) is 23.7 Å². The lowest BCUT2D eigenvalue weighted by molar-refractivity contribution is -0.155. The van der Waals surface area contributed by atoms with Crippen molar-refractivity contribution < 1.29 is 23.6 Å². The van der Waals surface area contributed by atoms with Crippen LogP contribution in [0.25, 0.3) is 11.4 Å². The van der Waals surface area contributed by atoms with Gasteiger partial charge in [-0.3, -0.25) is 9.59 Å².